The molecule has 0 saturated heterocycles. The van der Waals surface area contributed by atoms with Gasteiger partial charge in [-0.25, -0.2) is 0 Å². The summed E-state index contributed by atoms with van der Waals surface area (Å²) >= 11 is 0. The van der Waals surface area contributed by atoms with Gasteiger partial charge in [-0.2, -0.15) is 0 Å². The van der Waals surface area contributed by atoms with Gasteiger partial charge in [0.25, 0.3) is 5.56 Å². The number of hydrogen-bond donors (Lipinski definition) is 1. The number of likely N-dealkylation sites (N-methyl/N-ethyl adjacent to an activating group) is 1. The molecule has 2 N–H and O–H groups in total. The molecule has 2 heterocycles. The largest absolute Gasteiger partial charge is 0.385 e. The van der Waals surface area contributed by atoms with Gasteiger partial charge in [0.05, 0.1) is 0 Å². The lowest BCUT2D eigenvalue weighted by molar-refractivity contribution is 0.189. The van der Waals surface area contributed by atoms with Gasteiger partial charge in [0.15, 0.2) is 0 Å². The summed E-state index contributed by atoms with van der Waals surface area (Å²) in [5.41, 5.74) is 8.97. The summed E-state index contributed by atoms with van der Waals surface area (Å²) in [6, 6.07) is 2.01. The standard InChI is InChI=1S/C15H25N3O2/c1-3-17-7-5-14-13(11-17)9-12(10-16)15(19)18(14)6-4-8-20-2/h9H,3-8,10-11,16H2,1-2H3. The Labute approximate surface area is 120 Å². The zero-order valence-electron chi connectivity index (χ0n) is 12.5. The van der Waals surface area contributed by atoms with Gasteiger partial charge in [-0.05, 0) is 24.6 Å². The van der Waals surface area contributed by atoms with E-state index in [9.17, 15) is 4.79 Å². The van der Waals surface area contributed by atoms with Gasteiger partial charge in [0, 0.05) is 57.6 Å². The number of nitrogens with zero attached hydrogens (tertiary/aromatic N) is 2. The molecule has 5 nitrogen and oxygen atoms in total. The third-order valence-electron chi connectivity index (χ3n) is 4.02. The molecular weight excluding hydrogens is 254 g/mol. The number of pyridine rings is 1. The van der Waals surface area contributed by atoms with Crippen LogP contribution in [0.3, 0.4) is 0 Å². The monoisotopic (exact) mass is 279 g/mol. The van der Waals surface area contributed by atoms with Crippen molar-refractivity contribution in [3.63, 3.8) is 0 Å². The van der Waals surface area contributed by atoms with E-state index in [4.69, 9.17) is 10.5 Å². The van der Waals surface area contributed by atoms with Crippen LogP contribution in [0.2, 0.25) is 0 Å². The van der Waals surface area contributed by atoms with Crippen LogP contribution < -0.4 is 11.3 Å². The first kappa shape index (κ1) is 15.2. The number of aromatic nitrogens is 1. The van der Waals surface area contributed by atoms with E-state index in [0.29, 0.717) is 13.2 Å². The Morgan fingerprint density at radius 3 is 2.90 bits per heavy atom. The van der Waals surface area contributed by atoms with Crippen molar-refractivity contribution in [3.8, 4) is 0 Å². The van der Waals surface area contributed by atoms with Gasteiger partial charge in [0.1, 0.15) is 0 Å². The molecule has 0 amide bonds. The predicted octanol–water partition coefficient (Wildman–Crippen LogP) is 0.722. The molecule has 0 atom stereocenters. The highest BCUT2D eigenvalue weighted by Crippen LogP contribution is 2.18. The molecule has 2 rings (SSSR count). The van der Waals surface area contributed by atoms with Crippen molar-refractivity contribution in [3.05, 3.63) is 33.2 Å². The number of nitrogens with two attached hydrogens (primary N) is 1. The van der Waals surface area contributed by atoms with Crippen molar-refractivity contribution in [2.75, 3.05) is 26.8 Å². The molecule has 1 aromatic rings. The molecule has 0 aliphatic carbocycles. The first-order valence-electron chi connectivity index (χ1n) is 7.37. The average molecular weight is 279 g/mol. The van der Waals surface area contributed by atoms with Gasteiger partial charge in [0.2, 0.25) is 0 Å². The third kappa shape index (κ3) is 3.11. The van der Waals surface area contributed by atoms with Gasteiger partial charge < -0.3 is 15.0 Å². The van der Waals surface area contributed by atoms with Gasteiger partial charge in [-0.3, -0.25) is 9.69 Å². The van der Waals surface area contributed by atoms with E-state index in [1.807, 2.05) is 10.6 Å². The number of methoxy groups -OCH3 is 1. The lowest BCUT2D eigenvalue weighted by Gasteiger charge is -2.30. The molecule has 20 heavy (non-hydrogen) atoms. The van der Waals surface area contributed by atoms with E-state index >= 15 is 0 Å². The normalized spacial score (nSPS) is 15.3. The maximum absolute atomic E-state index is 12.4. The summed E-state index contributed by atoms with van der Waals surface area (Å²) in [5.74, 6) is 0. The van der Waals surface area contributed by atoms with Crippen molar-refractivity contribution >= 4 is 0 Å². The Balaban J connectivity index is 2.35. The summed E-state index contributed by atoms with van der Waals surface area (Å²) in [4.78, 5) is 14.8. The molecule has 1 aliphatic rings. The van der Waals surface area contributed by atoms with Crippen LogP contribution in [0.1, 0.15) is 30.2 Å². The van der Waals surface area contributed by atoms with E-state index in [1.165, 1.54) is 11.3 Å². The minimum Gasteiger partial charge on any atom is -0.385 e. The van der Waals surface area contributed by atoms with E-state index in [1.54, 1.807) is 7.11 Å². The highest BCUT2D eigenvalue weighted by molar-refractivity contribution is 5.29. The van der Waals surface area contributed by atoms with E-state index in [-0.39, 0.29) is 5.56 Å². The summed E-state index contributed by atoms with van der Waals surface area (Å²) in [5, 5.41) is 0. The summed E-state index contributed by atoms with van der Waals surface area (Å²) in [6.07, 6.45) is 1.80. The quantitative estimate of drug-likeness (QED) is 0.780. The fraction of sp³-hybridized carbons (Fsp3) is 0.667. The van der Waals surface area contributed by atoms with Crippen LogP contribution in [0.5, 0.6) is 0 Å². The third-order valence-corrected chi connectivity index (χ3v) is 4.02. The second kappa shape index (κ2) is 7.02. The molecule has 1 aliphatic heterocycles. The molecule has 0 fully saturated rings. The van der Waals surface area contributed by atoms with E-state index in [2.05, 4.69) is 11.8 Å². The SMILES string of the molecule is CCN1CCc2c(cc(CN)c(=O)n2CCCOC)C1. The van der Waals surface area contributed by atoms with E-state index < -0.39 is 0 Å². The molecule has 0 saturated carbocycles. The minimum absolute atomic E-state index is 0.0762. The number of fused-ring (bicyclic) bond motifs is 1. The molecule has 112 valence electrons. The summed E-state index contributed by atoms with van der Waals surface area (Å²) in [6.45, 7) is 6.86. The average Bonchev–Trinajstić information content (AvgIpc) is 2.48. The van der Waals surface area contributed by atoms with Gasteiger partial charge in [-0.15, -0.1) is 0 Å². The Kier molecular flexibility index (Phi) is 5.34. The maximum Gasteiger partial charge on any atom is 0.255 e. The molecule has 0 radical (unpaired) electrons. The lowest BCUT2D eigenvalue weighted by Crippen LogP contribution is -2.37. The molecule has 5 heteroatoms. The highest BCUT2D eigenvalue weighted by Gasteiger charge is 2.20. The smallest absolute Gasteiger partial charge is 0.255 e. The van der Waals surface area contributed by atoms with Crippen molar-refractivity contribution < 1.29 is 4.74 Å². The van der Waals surface area contributed by atoms with Crippen molar-refractivity contribution in [1.82, 2.24) is 9.47 Å². The van der Waals surface area contributed by atoms with Crippen molar-refractivity contribution in [2.24, 2.45) is 5.73 Å². The van der Waals surface area contributed by atoms with Crippen LogP contribution in [0.4, 0.5) is 0 Å². The van der Waals surface area contributed by atoms with Crippen LogP contribution in [0.25, 0.3) is 0 Å². The van der Waals surface area contributed by atoms with Crippen molar-refractivity contribution in [1.29, 1.82) is 0 Å². The Bertz CT molecular complexity index is 511. The first-order chi connectivity index (χ1) is 9.71. The fourth-order valence-electron chi connectivity index (χ4n) is 2.86. The molecule has 0 bridgehead atoms. The molecule has 0 spiro atoms. The van der Waals surface area contributed by atoms with E-state index in [0.717, 1.165) is 44.6 Å². The summed E-state index contributed by atoms with van der Waals surface area (Å²) in [7, 11) is 1.69. The summed E-state index contributed by atoms with van der Waals surface area (Å²) < 4.78 is 7.01. The molecule has 0 aromatic carbocycles. The van der Waals surface area contributed by atoms with Crippen LogP contribution in [0, 0.1) is 0 Å². The van der Waals surface area contributed by atoms with Crippen LogP contribution in [-0.2, 0) is 30.8 Å². The second-order valence-corrected chi connectivity index (χ2v) is 5.27. The Hall–Kier alpha value is -1.17. The second-order valence-electron chi connectivity index (χ2n) is 5.27. The predicted molar refractivity (Wildman–Crippen MR) is 79.7 cm³/mol. The van der Waals surface area contributed by atoms with Crippen LogP contribution in [-0.4, -0.2) is 36.3 Å². The zero-order valence-corrected chi connectivity index (χ0v) is 12.5. The molecule has 1 aromatic heterocycles. The molecule has 0 unspecified atom stereocenters. The first-order valence-corrected chi connectivity index (χ1v) is 7.37. The minimum atomic E-state index is 0.0762. The number of ether oxygens (including phenoxy) is 1. The fourth-order valence-corrected chi connectivity index (χ4v) is 2.86. The maximum atomic E-state index is 12.4. The van der Waals surface area contributed by atoms with Crippen molar-refractivity contribution in [2.45, 2.75) is 39.4 Å². The zero-order chi connectivity index (χ0) is 14.5. The topological polar surface area (TPSA) is 60.5 Å². The number of rotatable bonds is 6. The van der Waals surface area contributed by atoms with Gasteiger partial charge in [-0.1, -0.05) is 6.92 Å². The Morgan fingerprint density at radius 1 is 1.45 bits per heavy atom. The Morgan fingerprint density at radius 2 is 2.25 bits per heavy atom. The highest BCUT2D eigenvalue weighted by atomic mass is 16.5. The van der Waals surface area contributed by atoms with Crippen LogP contribution in [0.15, 0.2) is 10.9 Å². The van der Waals surface area contributed by atoms with Gasteiger partial charge >= 0.3 is 0 Å². The van der Waals surface area contributed by atoms with Crippen LogP contribution >= 0.6 is 0 Å². The number of hydrogen-bond acceptors (Lipinski definition) is 4. The lowest BCUT2D eigenvalue weighted by atomic mass is 10.0. The molecular formula is C15H25N3O2.